The minimum Gasteiger partial charge on any atom is -0.405 e. The fraction of sp³-hybridized carbons (Fsp3) is 0.400. The average Bonchev–Trinajstić information content (AvgIpc) is 2.52. The number of aromatic nitrogens is 2. The van der Waals surface area contributed by atoms with Gasteiger partial charge in [0.05, 0.1) is 12.2 Å². The lowest BCUT2D eigenvalue weighted by molar-refractivity contribution is -0.127. The van der Waals surface area contributed by atoms with Crippen LogP contribution in [0.15, 0.2) is 23.9 Å². The third-order valence-corrected chi connectivity index (χ3v) is 3.67. The molecule has 0 unspecified atom stereocenters. The van der Waals surface area contributed by atoms with Gasteiger partial charge >= 0.3 is 0 Å². The van der Waals surface area contributed by atoms with Crippen molar-refractivity contribution in [2.45, 2.75) is 26.3 Å². The largest absolute Gasteiger partial charge is 0.405 e. The highest BCUT2D eigenvalue weighted by Crippen LogP contribution is 2.25. The number of nitrogens with one attached hydrogen (secondary N) is 1. The summed E-state index contributed by atoms with van der Waals surface area (Å²) in [7, 11) is 1.78. The zero-order valence-corrected chi connectivity index (χ0v) is 13.5. The van der Waals surface area contributed by atoms with Gasteiger partial charge in [-0.25, -0.2) is 9.97 Å². The second-order valence-corrected chi connectivity index (χ2v) is 5.26. The number of allylic oxidation sites excluding steroid dienone is 1. The Morgan fingerprint density at radius 2 is 2.27 bits per heavy atom. The lowest BCUT2D eigenvalue weighted by Gasteiger charge is -2.29. The quantitative estimate of drug-likeness (QED) is 0.502. The monoisotopic (exact) mass is 321 g/mol. The predicted octanol–water partition coefficient (Wildman–Crippen LogP) is 1.87. The highest BCUT2D eigenvalue weighted by atomic mass is 35.5. The van der Waals surface area contributed by atoms with Gasteiger partial charge < -0.3 is 16.0 Å². The van der Waals surface area contributed by atoms with Gasteiger partial charge in [0, 0.05) is 31.1 Å². The Balaban J connectivity index is 2.28. The third-order valence-electron chi connectivity index (χ3n) is 3.50. The fourth-order valence-electron chi connectivity index (χ4n) is 2.50. The predicted molar refractivity (Wildman–Crippen MR) is 87.4 cm³/mol. The standard InChI is InChI=1S/C15H20ClN5O/c1-3-4-10(5-7-17)14(22)21-8-6-12-11(9-21)13(18-2)20-15(16)19-12/h4-5,7H,3,6,8-9,17H2,1-2H3,(H,18,19,20)/b7-5-,10-4-. The van der Waals surface area contributed by atoms with Crippen molar-refractivity contribution < 1.29 is 4.79 Å². The van der Waals surface area contributed by atoms with Crippen LogP contribution in [0.2, 0.25) is 5.28 Å². The van der Waals surface area contributed by atoms with Crippen LogP contribution >= 0.6 is 11.6 Å². The van der Waals surface area contributed by atoms with Crippen LogP contribution < -0.4 is 11.1 Å². The summed E-state index contributed by atoms with van der Waals surface area (Å²) in [5.41, 5.74) is 7.84. The number of halogens is 1. The minimum atomic E-state index is -0.0359. The Kier molecular flexibility index (Phi) is 5.38. The number of nitrogens with zero attached hydrogens (tertiary/aromatic N) is 3. The number of carbonyl (C=O) groups is 1. The number of carbonyl (C=O) groups excluding carboxylic acids is 1. The molecule has 118 valence electrons. The van der Waals surface area contributed by atoms with E-state index in [1.165, 1.54) is 6.20 Å². The Morgan fingerprint density at radius 3 is 2.91 bits per heavy atom. The molecule has 1 aliphatic rings. The number of hydrogen-bond donors (Lipinski definition) is 2. The van der Waals surface area contributed by atoms with Crippen LogP contribution in [0.4, 0.5) is 5.82 Å². The van der Waals surface area contributed by atoms with Crippen molar-refractivity contribution in [2.24, 2.45) is 5.73 Å². The molecule has 7 heteroatoms. The molecule has 2 rings (SSSR count). The fourth-order valence-corrected chi connectivity index (χ4v) is 2.68. The van der Waals surface area contributed by atoms with E-state index >= 15 is 0 Å². The summed E-state index contributed by atoms with van der Waals surface area (Å²) in [6, 6.07) is 0. The average molecular weight is 322 g/mol. The molecule has 0 aromatic carbocycles. The third kappa shape index (κ3) is 3.39. The summed E-state index contributed by atoms with van der Waals surface area (Å²) >= 11 is 5.92. The van der Waals surface area contributed by atoms with Crippen LogP contribution in [0.3, 0.4) is 0 Å². The summed E-state index contributed by atoms with van der Waals surface area (Å²) in [6.07, 6.45) is 6.33. The van der Waals surface area contributed by atoms with Crippen molar-refractivity contribution in [3.63, 3.8) is 0 Å². The molecule has 1 aromatic rings. The number of anilines is 1. The van der Waals surface area contributed by atoms with Crippen LogP contribution in [0.5, 0.6) is 0 Å². The molecule has 0 aliphatic carbocycles. The second kappa shape index (κ2) is 7.26. The molecular formula is C15H20ClN5O. The van der Waals surface area contributed by atoms with Gasteiger partial charge in [0.15, 0.2) is 0 Å². The molecule has 1 amide bonds. The van der Waals surface area contributed by atoms with E-state index in [2.05, 4.69) is 15.3 Å². The molecule has 0 spiro atoms. The van der Waals surface area contributed by atoms with Crippen LogP contribution in [0, 0.1) is 0 Å². The highest BCUT2D eigenvalue weighted by molar-refractivity contribution is 6.28. The number of amides is 1. The number of hydrogen-bond acceptors (Lipinski definition) is 5. The Bertz CT molecular complexity index is 609. The van der Waals surface area contributed by atoms with Crippen LogP contribution in [-0.2, 0) is 17.8 Å². The SMILES string of the molecule is CC/C=C(/C=C\N)C(=O)N1CCc2nc(Cl)nc(NC)c2C1. The zero-order valence-electron chi connectivity index (χ0n) is 12.8. The van der Waals surface area contributed by atoms with E-state index in [1.54, 1.807) is 18.0 Å². The molecule has 1 aliphatic heterocycles. The van der Waals surface area contributed by atoms with Crippen LogP contribution in [0.1, 0.15) is 24.6 Å². The molecule has 1 aromatic heterocycles. The van der Waals surface area contributed by atoms with Gasteiger partial charge in [0.1, 0.15) is 5.82 Å². The van der Waals surface area contributed by atoms with E-state index in [0.29, 0.717) is 30.9 Å². The first-order valence-corrected chi connectivity index (χ1v) is 7.59. The van der Waals surface area contributed by atoms with Gasteiger partial charge in [-0.1, -0.05) is 13.0 Å². The molecule has 22 heavy (non-hydrogen) atoms. The van der Waals surface area contributed by atoms with Crippen LogP contribution in [-0.4, -0.2) is 34.4 Å². The second-order valence-electron chi connectivity index (χ2n) is 4.92. The smallest absolute Gasteiger partial charge is 0.253 e. The lowest BCUT2D eigenvalue weighted by Crippen LogP contribution is -2.37. The molecule has 0 bridgehead atoms. The molecule has 0 atom stereocenters. The van der Waals surface area contributed by atoms with Crippen molar-refractivity contribution in [3.8, 4) is 0 Å². The Morgan fingerprint density at radius 1 is 1.50 bits per heavy atom. The summed E-state index contributed by atoms with van der Waals surface area (Å²) in [5, 5.41) is 3.24. The van der Waals surface area contributed by atoms with Crippen molar-refractivity contribution >= 4 is 23.3 Å². The maximum atomic E-state index is 12.6. The van der Waals surface area contributed by atoms with Gasteiger partial charge in [-0.05, 0) is 30.3 Å². The Hall–Kier alpha value is -2.08. The number of nitrogens with two attached hydrogens (primary N) is 1. The Labute approximate surface area is 135 Å². The van der Waals surface area contributed by atoms with Crippen molar-refractivity contribution in [2.75, 3.05) is 18.9 Å². The molecule has 3 N–H and O–H groups in total. The van der Waals surface area contributed by atoms with Gasteiger partial charge in [0.25, 0.3) is 5.91 Å². The van der Waals surface area contributed by atoms with E-state index in [4.69, 9.17) is 17.3 Å². The first-order valence-electron chi connectivity index (χ1n) is 7.21. The molecule has 2 heterocycles. The van der Waals surface area contributed by atoms with Gasteiger partial charge in [0.2, 0.25) is 5.28 Å². The van der Waals surface area contributed by atoms with Crippen LogP contribution in [0.25, 0.3) is 0 Å². The summed E-state index contributed by atoms with van der Waals surface area (Å²) in [6.45, 7) is 3.04. The van der Waals surface area contributed by atoms with Crippen molar-refractivity contribution in [3.05, 3.63) is 40.5 Å². The first-order chi connectivity index (χ1) is 10.6. The van der Waals surface area contributed by atoms with Gasteiger partial charge in [-0.3, -0.25) is 4.79 Å². The summed E-state index contributed by atoms with van der Waals surface area (Å²) in [4.78, 5) is 22.8. The molecule has 0 saturated carbocycles. The van der Waals surface area contributed by atoms with E-state index in [1.807, 2.05) is 13.0 Å². The van der Waals surface area contributed by atoms with E-state index < -0.39 is 0 Å². The summed E-state index contributed by atoms with van der Waals surface area (Å²) < 4.78 is 0. The topological polar surface area (TPSA) is 84.1 Å². The van der Waals surface area contributed by atoms with E-state index in [-0.39, 0.29) is 11.2 Å². The van der Waals surface area contributed by atoms with E-state index in [9.17, 15) is 4.79 Å². The minimum absolute atomic E-state index is 0.0359. The van der Waals surface area contributed by atoms with Gasteiger partial charge in [-0.2, -0.15) is 0 Å². The maximum Gasteiger partial charge on any atom is 0.253 e. The van der Waals surface area contributed by atoms with Crippen molar-refractivity contribution in [1.29, 1.82) is 0 Å². The van der Waals surface area contributed by atoms with Crippen molar-refractivity contribution in [1.82, 2.24) is 14.9 Å². The normalized spacial score (nSPS) is 15.0. The molecule has 0 radical (unpaired) electrons. The molecular weight excluding hydrogens is 302 g/mol. The summed E-state index contributed by atoms with van der Waals surface area (Å²) in [5.74, 6) is 0.633. The number of fused-ring (bicyclic) bond motifs is 1. The molecule has 6 nitrogen and oxygen atoms in total. The molecule has 0 saturated heterocycles. The molecule has 0 fully saturated rings. The maximum absolute atomic E-state index is 12.6. The zero-order chi connectivity index (χ0) is 16.1. The lowest BCUT2D eigenvalue weighted by atomic mass is 10.0. The first kappa shape index (κ1) is 16.3. The number of rotatable bonds is 4. The highest BCUT2D eigenvalue weighted by Gasteiger charge is 2.26. The van der Waals surface area contributed by atoms with Gasteiger partial charge in [-0.15, -0.1) is 0 Å². The van der Waals surface area contributed by atoms with E-state index in [0.717, 1.165) is 17.7 Å².